The number of ether oxygens (including phenoxy) is 1. The fraction of sp³-hybridized carbons (Fsp3) is 0.273. The molecule has 0 heterocycles. The lowest BCUT2D eigenvalue weighted by Crippen LogP contribution is -2.26. The van der Waals surface area contributed by atoms with E-state index in [1.54, 1.807) is 0 Å². The zero-order chi connectivity index (χ0) is 13.7. The van der Waals surface area contributed by atoms with E-state index < -0.39 is 36.2 Å². The Bertz CT molecular complexity index is 444. The Morgan fingerprint density at radius 3 is 2.39 bits per heavy atom. The number of carboxylic acid groups (broad SMARTS) is 1. The number of amides is 1. The predicted molar refractivity (Wildman–Crippen MR) is 58.0 cm³/mol. The van der Waals surface area contributed by atoms with E-state index in [1.165, 1.54) is 6.92 Å². The molecule has 98 valence electrons. The van der Waals surface area contributed by atoms with Crippen molar-refractivity contribution < 1.29 is 28.2 Å². The molecule has 0 saturated carbocycles. The minimum Gasteiger partial charge on any atom is -0.479 e. The number of aliphatic carboxylic acids is 1. The summed E-state index contributed by atoms with van der Waals surface area (Å²) in [6.45, 7) is 0.739. The van der Waals surface area contributed by atoms with Crippen LogP contribution in [0.5, 0.6) is 0 Å². The van der Waals surface area contributed by atoms with Gasteiger partial charge in [0, 0.05) is 11.8 Å². The average molecular weight is 259 g/mol. The fourth-order valence-electron chi connectivity index (χ4n) is 1.10. The first kappa shape index (κ1) is 14.0. The van der Waals surface area contributed by atoms with Crippen LogP contribution < -0.4 is 5.32 Å². The van der Waals surface area contributed by atoms with Crippen LogP contribution in [0.4, 0.5) is 14.5 Å². The van der Waals surface area contributed by atoms with E-state index in [2.05, 4.69) is 5.32 Å². The van der Waals surface area contributed by atoms with Crippen LogP contribution in [0, 0.1) is 11.6 Å². The number of carboxylic acids is 1. The molecule has 0 fully saturated rings. The van der Waals surface area contributed by atoms with Crippen molar-refractivity contribution in [1.82, 2.24) is 0 Å². The van der Waals surface area contributed by atoms with Crippen molar-refractivity contribution >= 4 is 17.6 Å². The zero-order valence-corrected chi connectivity index (χ0v) is 9.44. The van der Waals surface area contributed by atoms with Crippen LogP contribution in [0.15, 0.2) is 18.2 Å². The topological polar surface area (TPSA) is 75.6 Å². The predicted octanol–water partition coefficient (Wildman–Crippen LogP) is 1.39. The van der Waals surface area contributed by atoms with Gasteiger partial charge in [-0.25, -0.2) is 13.6 Å². The molecule has 0 aliphatic heterocycles. The van der Waals surface area contributed by atoms with Gasteiger partial charge in [0.2, 0.25) is 5.91 Å². The molecule has 0 aliphatic rings. The van der Waals surface area contributed by atoms with Crippen molar-refractivity contribution in [2.24, 2.45) is 0 Å². The highest BCUT2D eigenvalue weighted by Crippen LogP contribution is 2.12. The summed E-state index contributed by atoms with van der Waals surface area (Å²) in [4.78, 5) is 21.7. The molecule has 0 spiro atoms. The molecule has 1 aromatic carbocycles. The minimum absolute atomic E-state index is 0.0657. The van der Waals surface area contributed by atoms with E-state index in [9.17, 15) is 18.4 Å². The van der Waals surface area contributed by atoms with Gasteiger partial charge in [0.25, 0.3) is 0 Å². The molecular weight excluding hydrogens is 248 g/mol. The van der Waals surface area contributed by atoms with Crippen molar-refractivity contribution in [2.75, 3.05) is 11.9 Å². The first-order valence-electron chi connectivity index (χ1n) is 4.99. The SMILES string of the molecule is C[C@H](OCC(=O)Nc1cc(F)cc(F)c1)C(=O)O. The third kappa shape index (κ3) is 4.46. The molecule has 0 aromatic heterocycles. The maximum Gasteiger partial charge on any atom is 0.332 e. The second kappa shape index (κ2) is 6.06. The van der Waals surface area contributed by atoms with Gasteiger partial charge in [-0.3, -0.25) is 4.79 Å². The Balaban J connectivity index is 2.52. The normalized spacial score (nSPS) is 11.9. The molecular formula is C11H11F2NO4. The summed E-state index contributed by atoms with van der Waals surface area (Å²) in [5, 5.41) is 10.7. The first-order chi connectivity index (χ1) is 8.38. The third-order valence-electron chi connectivity index (χ3n) is 1.96. The Hall–Kier alpha value is -2.02. The summed E-state index contributed by atoms with van der Waals surface area (Å²) in [5.74, 6) is -3.57. The van der Waals surface area contributed by atoms with E-state index in [0.29, 0.717) is 6.07 Å². The summed E-state index contributed by atoms with van der Waals surface area (Å²) >= 11 is 0. The summed E-state index contributed by atoms with van der Waals surface area (Å²) in [6.07, 6.45) is -1.14. The van der Waals surface area contributed by atoms with Gasteiger partial charge < -0.3 is 15.2 Å². The van der Waals surface area contributed by atoms with Gasteiger partial charge in [-0.15, -0.1) is 0 Å². The van der Waals surface area contributed by atoms with Crippen molar-refractivity contribution in [3.05, 3.63) is 29.8 Å². The molecule has 1 aromatic rings. The van der Waals surface area contributed by atoms with Crippen LogP contribution in [0.3, 0.4) is 0 Å². The van der Waals surface area contributed by atoms with E-state index >= 15 is 0 Å². The zero-order valence-electron chi connectivity index (χ0n) is 9.44. The van der Waals surface area contributed by atoms with Crippen LogP contribution >= 0.6 is 0 Å². The average Bonchev–Trinajstić information content (AvgIpc) is 2.24. The monoisotopic (exact) mass is 259 g/mol. The smallest absolute Gasteiger partial charge is 0.332 e. The van der Waals surface area contributed by atoms with Gasteiger partial charge in [-0.2, -0.15) is 0 Å². The molecule has 2 N–H and O–H groups in total. The van der Waals surface area contributed by atoms with Gasteiger partial charge in [0.15, 0.2) is 6.10 Å². The van der Waals surface area contributed by atoms with Crippen LogP contribution in [-0.2, 0) is 14.3 Å². The van der Waals surface area contributed by atoms with Crippen molar-refractivity contribution in [3.8, 4) is 0 Å². The number of hydrogen-bond acceptors (Lipinski definition) is 3. The molecule has 0 saturated heterocycles. The fourth-order valence-corrected chi connectivity index (χ4v) is 1.10. The quantitative estimate of drug-likeness (QED) is 0.837. The van der Waals surface area contributed by atoms with E-state index in [-0.39, 0.29) is 5.69 Å². The van der Waals surface area contributed by atoms with E-state index in [0.717, 1.165) is 12.1 Å². The highest BCUT2D eigenvalue weighted by molar-refractivity contribution is 5.91. The maximum absolute atomic E-state index is 12.8. The molecule has 1 amide bonds. The second-order valence-corrected chi connectivity index (χ2v) is 3.50. The number of rotatable bonds is 5. The van der Waals surface area contributed by atoms with Crippen LogP contribution in [0.25, 0.3) is 0 Å². The lowest BCUT2D eigenvalue weighted by molar-refractivity contribution is -0.150. The summed E-state index contributed by atoms with van der Waals surface area (Å²) in [7, 11) is 0. The molecule has 0 bridgehead atoms. The molecule has 18 heavy (non-hydrogen) atoms. The standard InChI is InChI=1S/C11H11F2NO4/c1-6(11(16)17)18-5-10(15)14-9-3-7(12)2-8(13)4-9/h2-4,6H,5H2,1H3,(H,14,15)(H,16,17)/t6-/m0/s1. The third-order valence-corrected chi connectivity index (χ3v) is 1.96. The van der Waals surface area contributed by atoms with E-state index in [4.69, 9.17) is 9.84 Å². The highest BCUT2D eigenvalue weighted by Gasteiger charge is 2.13. The Morgan fingerprint density at radius 2 is 1.89 bits per heavy atom. The van der Waals surface area contributed by atoms with Gasteiger partial charge in [-0.05, 0) is 19.1 Å². The van der Waals surface area contributed by atoms with Gasteiger partial charge in [0.1, 0.15) is 18.2 Å². The molecule has 7 heteroatoms. The number of anilines is 1. The Morgan fingerprint density at radius 1 is 1.33 bits per heavy atom. The van der Waals surface area contributed by atoms with E-state index in [1.807, 2.05) is 0 Å². The lowest BCUT2D eigenvalue weighted by Gasteiger charge is -2.09. The molecule has 1 atom stereocenters. The highest BCUT2D eigenvalue weighted by atomic mass is 19.1. The van der Waals surface area contributed by atoms with Crippen molar-refractivity contribution in [3.63, 3.8) is 0 Å². The number of hydrogen-bond donors (Lipinski definition) is 2. The van der Waals surface area contributed by atoms with Crippen molar-refractivity contribution in [1.29, 1.82) is 0 Å². The van der Waals surface area contributed by atoms with Gasteiger partial charge in [0.05, 0.1) is 0 Å². The molecule has 5 nitrogen and oxygen atoms in total. The number of carbonyl (C=O) groups is 2. The van der Waals surface area contributed by atoms with Crippen LogP contribution in [0.1, 0.15) is 6.92 Å². The maximum atomic E-state index is 12.8. The van der Waals surface area contributed by atoms with Crippen LogP contribution in [0.2, 0.25) is 0 Å². The number of halogens is 2. The largest absolute Gasteiger partial charge is 0.479 e. The summed E-state index contributed by atoms with van der Waals surface area (Å²) < 4.78 is 30.3. The summed E-state index contributed by atoms with van der Waals surface area (Å²) in [6, 6.07) is 2.53. The lowest BCUT2D eigenvalue weighted by atomic mass is 10.3. The van der Waals surface area contributed by atoms with Crippen molar-refractivity contribution in [2.45, 2.75) is 13.0 Å². The molecule has 1 rings (SSSR count). The van der Waals surface area contributed by atoms with Gasteiger partial charge >= 0.3 is 5.97 Å². The number of benzene rings is 1. The number of nitrogens with one attached hydrogen (secondary N) is 1. The molecule has 0 radical (unpaired) electrons. The molecule has 0 aliphatic carbocycles. The Kier molecular flexibility index (Phi) is 4.73. The Labute approximate surface area is 101 Å². The molecule has 0 unspecified atom stereocenters. The second-order valence-electron chi connectivity index (χ2n) is 3.50. The minimum atomic E-state index is -1.21. The van der Waals surface area contributed by atoms with Crippen LogP contribution in [-0.4, -0.2) is 29.7 Å². The summed E-state index contributed by atoms with van der Waals surface area (Å²) in [5.41, 5.74) is -0.0657. The number of carbonyl (C=O) groups excluding carboxylic acids is 1. The first-order valence-corrected chi connectivity index (χ1v) is 4.99. The van der Waals surface area contributed by atoms with Gasteiger partial charge in [-0.1, -0.05) is 0 Å².